The van der Waals surface area contributed by atoms with E-state index in [1.807, 2.05) is 0 Å². The van der Waals surface area contributed by atoms with Gasteiger partial charge in [-0.25, -0.2) is 0 Å². The third-order valence-electron chi connectivity index (χ3n) is 5.75. The Morgan fingerprint density at radius 1 is 0.727 bits per heavy atom. The molecule has 0 amide bonds. The van der Waals surface area contributed by atoms with Gasteiger partial charge >= 0.3 is 0 Å². The summed E-state index contributed by atoms with van der Waals surface area (Å²) in [6.07, 6.45) is 16.9. The summed E-state index contributed by atoms with van der Waals surface area (Å²) in [7, 11) is 0. The molecule has 0 spiro atoms. The van der Waals surface area contributed by atoms with Crippen molar-refractivity contribution < 1.29 is 5.11 Å². The Kier molecular flexibility index (Phi) is 13.4. The fraction of sp³-hybridized carbons (Fsp3) is 1.00. The average molecular weight is 313 g/mol. The molecule has 0 saturated carbocycles. The molecule has 0 heterocycles. The van der Waals surface area contributed by atoms with Gasteiger partial charge in [0.1, 0.15) is 0 Å². The quantitative estimate of drug-likeness (QED) is 0.319. The van der Waals surface area contributed by atoms with Gasteiger partial charge in [-0.15, -0.1) is 0 Å². The van der Waals surface area contributed by atoms with Crippen LogP contribution in [0.3, 0.4) is 0 Å². The molecule has 3 unspecified atom stereocenters. The smallest absolute Gasteiger partial charge is 0.0673 e. The van der Waals surface area contributed by atoms with Gasteiger partial charge in [-0.2, -0.15) is 0 Å². The molecule has 0 bridgehead atoms. The Hall–Kier alpha value is -0.0400. The van der Waals surface area contributed by atoms with Crippen LogP contribution in [0, 0.1) is 11.8 Å². The Labute approximate surface area is 141 Å². The second kappa shape index (κ2) is 13.4. The van der Waals surface area contributed by atoms with Gasteiger partial charge in [0.15, 0.2) is 0 Å². The van der Waals surface area contributed by atoms with Crippen molar-refractivity contribution in [2.75, 3.05) is 0 Å². The van der Waals surface area contributed by atoms with E-state index in [4.69, 9.17) is 0 Å². The lowest BCUT2D eigenvalue weighted by Crippen LogP contribution is -2.41. The fourth-order valence-electron chi connectivity index (χ4n) is 3.53. The maximum absolute atomic E-state index is 11.0. The molecule has 0 aliphatic rings. The first-order valence-electron chi connectivity index (χ1n) is 10.2. The first kappa shape index (κ1) is 22.0. The first-order chi connectivity index (χ1) is 10.5. The average Bonchev–Trinajstić information content (AvgIpc) is 2.51. The highest BCUT2D eigenvalue weighted by atomic mass is 16.3. The van der Waals surface area contributed by atoms with Crippen LogP contribution in [0.15, 0.2) is 0 Å². The van der Waals surface area contributed by atoms with Crippen LogP contribution in [0.25, 0.3) is 0 Å². The molecule has 1 nitrogen and oxygen atoms in total. The molecular weight excluding hydrogens is 268 g/mol. The molecule has 22 heavy (non-hydrogen) atoms. The molecule has 0 rings (SSSR count). The van der Waals surface area contributed by atoms with Gasteiger partial charge < -0.3 is 5.11 Å². The number of rotatable bonds is 15. The summed E-state index contributed by atoms with van der Waals surface area (Å²) in [6, 6.07) is 0. The van der Waals surface area contributed by atoms with E-state index in [2.05, 4.69) is 34.6 Å². The van der Waals surface area contributed by atoms with E-state index in [1.54, 1.807) is 0 Å². The molecular formula is C21H44O. The number of hydrogen-bond donors (Lipinski definition) is 1. The first-order valence-corrected chi connectivity index (χ1v) is 10.2. The standard InChI is InChI=1S/C21H44O/c1-6-9-11-13-14-16-18-20(17-15-12-10-7-2)21(5,22)19(4)8-3/h19-20,22H,6-18H2,1-5H3. The van der Waals surface area contributed by atoms with Crippen molar-refractivity contribution >= 4 is 0 Å². The van der Waals surface area contributed by atoms with Crippen molar-refractivity contribution in [1.82, 2.24) is 0 Å². The summed E-state index contributed by atoms with van der Waals surface area (Å²) in [4.78, 5) is 0. The van der Waals surface area contributed by atoms with E-state index < -0.39 is 5.60 Å². The molecule has 0 aliphatic carbocycles. The molecule has 1 heteroatoms. The summed E-state index contributed by atoms with van der Waals surface area (Å²) in [5.41, 5.74) is -0.482. The Balaban J connectivity index is 4.27. The minimum absolute atomic E-state index is 0.406. The van der Waals surface area contributed by atoms with Gasteiger partial charge in [-0.1, -0.05) is 98.3 Å². The predicted molar refractivity (Wildman–Crippen MR) is 100 cm³/mol. The van der Waals surface area contributed by atoms with Crippen LogP contribution in [0.4, 0.5) is 0 Å². The second-order valence-electron chi connectivity index (χ2n) is 7.64. The molecule has 0 saturated heterocycles. The van der Waals surface area contributed by atoms with Crippen molar-refractivity contribution in [3.8, 4) is 0 Å². The van der Waals surface area contributed by atoms with Crippen LogP contribution in [0.2, 0.25) is 0 Å². The van der Waals surface area contributed by atoms with Crippen LogP contribution < -0.4 is 0 Å². The SMILES string of the molecule is CCCCCCCCC(CCCCCC)C(C)(O)C(C)CC. The molecule has 0 radical (unpaired) electrons. The predicted octanol–water partition coefficient (Wildman–Crippen LogP) is 7.12. The number of unbranched alkanes of at least 4 members (excludes halogenated alkanes) is 8. The highest BCUT2D eigenvalue weighted by Gasteiger charge is 2.35. The Bertz CT molecular complexity index is 234. The molecule has 0 aromatic carbocycles. The minimum atomic E-state index is -0.482. The lowest BCUT2D eigenvalue weighted by Gasteiger charge is -2.38. The molecule has 134 valence electrons. The van der Waals surface area contributed by atoms with Crippen molar-refractivity contribution in [1.29, 1.82) is 0 Å². The van der Waals surface area contributed by atoms with Crippen molar-refractivity contribution in [3.05, 3.63) is 0 Å². The lowest BCUT2D eigenvalue weighted by molar-refractivity contribution is -0.0565. The highest BCUT2D eigenvalue weighted by molar-refractivity contribution is 4.86. The molecule has 1 N–H and O–H groups in total. The van der Waals surface area contributed by atoms with E-state index in [0.717, 1.165) is 6.42 Å². The molecule has 0 fully saturated rings. The number of aliphatic hydroxyl groups is 1. The van der Waals surface area contributed by atoms with Crippen molar-refractivity contribution in [2.24, 2.45) is 11.8 Å². The van der Waals surface area contributed by atoms with Crippen LogP contribution >= 0.6 is 0 Å². The van der Waals surface area contributed by atoms with E-state index in [9.17, 15) is 5.11 Å². The van der Waals surface area contributed by atoms with Gasteiger partial charge in [-0.3, -0.25) is 0 Å². The van der Waals surface area contributed by atoms with E-state index in [0.29, 0.717) is 11.8 Å². The Morgan fingerprint density at radius 2 is 1.14 bits per heavy atom. The minimum Gasteiger partial charge on any atom is -0.390 e. The largest absolute Gasteiger partial charge is 0.390 e. The van der Waals surface area contributed by atoms with Crippen LogP contribution in [0.5, 0.6) is 0 Å². The Morgan fingerprint density at radius 3 is 1.59 bits per heavy atom. The summed E-state index contributed by atoms with van der Waals surface area (Å²) < 4.78 is 0. The molecule has 0 aromatic heterocycles. The van der Waals surface area contributed by atoms with Gasteiger partial charge in [0, 0.05) is 0 Å². The third-order valence-corrected chi connectivity index (χ3v) is 5.75. The van der Waals surface area contributed by atoms with Crippen LogP contribution in [0.1, 0.15) is 118 Å². The number of hydrogen-bond acceptors (Lipinski definition) is 1. The van der Waals surface area contributed by atoms with E-state index >= 15 is 0 Å². The summed E-state index contributed by atoms with van der Waals surface area (Å²) in [6.45, 7) is 11.1. The summed E-state index contributed by atoms with van der Waals surface area (Å²) >= 11 is 0. The van der Waals surface area contributed by atoms with Gasteiger partial charge in [0.25, 0.3) is 0 Å². The van der Waals surface area contributed by atoms with Crippen molar-refractivity contribution in [2.45, 2.75) is 124 Å². The van der Waals surface area contributed by atoms with Gasteiger partial charge in [-0.05, 0) is 31.6 Å². The second-order valence-corrected chi connectivity index (χ2v) is 7.64. The maximum atomic E-state index is 11.0. The summed E-state index contributed by atoms with van der Waals surface area (Å²) in [5.74, 6) is 0.897. The molecule has 0 aromatic rings. The zero-order valence-electron chi connectivity index (χ0n) is 16.3. The normalized spacial score (nSPS) is 17.2. The van der Waals surface area contributed by atoms with Crippen LogP contribution in [-0.2, 0) is 0 Å². The van der Waals surface area contributed by atoms with Gasteiger partial charge in [0.2, 0.25) is 0 Å². The zero-order valence-corrected chi connectivity index (χ0v) is 16.3. The van der Waals surface area contributed by atoms with Crippen LogP contribution in [-0.4, -0.2) is 10.7 Å². The monoisotopic (exact) mass is 312 g/mol. The third kappa shape index (κ3) is 9.18. The van der Waals surface area contributed by atoms with E-state index in [1.165, 1.54) is 77.0 Å². The molecule has 0 aliphatic heterocycles. The maximum Gasteiger partial charge on any atom is 0.0673 e. The molecule has 3 atom stereocenters. The highest BCUT2D eigenvalue weighted by Crippen LogP contribution is 2.35. The topological polar surface area (TPSA) is 20.2 Å². The van der Waals surface area contributed by atoms with E-state index in [-0.39, 0.29) is 0 Å². The van der Waals surface area contributed by atoms with Gasteiger partial charge in [0.05, 0.1) is 5.60 Å². The zero-order chi connectivity index (χ0) is 16.8. The fourth-order valence-corrected chi connectivity index (χ4v) is 3.53. The van der Waals surface area contributed by atoms with Crippen molar-refractivity contribution in [3.63, 3.8) is 0 Å². The lowest BCUT2D eigenvalue weighted by atomic mass is 9.73. The summed E-state index contributed by atoms with van der Waals surface area (Å²) in [5, 5.41) is 11.0.